The van der Waals surface area contributed by atoms with Gasteiger partial charge >= 0.3 is 36.4 Å². The van der Waals surface area contributed by atoms with Gasteiger partial charge in [0.15, 0.2) is 0 Å². The molecule has 1 aromatic rings. The molecular weight excluding hydrogens is 493 g/mol. The molecule has 34 heavy (non-hydrogen) atoms. The highest BCUT2D eigenvalue weighted by molar-refractivity contribution is 5.90. The van der Waals surface area contributed by atoms with Crippen LogP contribution in [0.25, 0.3) is 0 Å². The van der Waals surface area contributed by atoms with Crippen molar-refractivity contribution in [3.05, 3.63) is 29.3 Å². The molecule has 0 radical (unpaired) electrons. The number of alkyl halides is 9. The van der Waals surface area contributed by atoms with E-state index in [0.29, 0.717) is 18.6 Å². The van der Waals surface area contributed by atoms with E-state index in [1.165, 1.54) is 0 Å². The van der Waals surface area contributed by atoms with E-state index >= 15 is 0 Å². The predicted octanol–water partition coefficient (Wildman–Crippen LogP) is 4.07. The Morgan fingerprint density at radius 3 is 1.94 bits per heavy atom. The number of ether oxygens (including phenoxy) is 2. The molecule has 1 amide bonds. The fraction of sp³-hybridized carbons (Fsp3) is 0.526. The van der Waals surface area contributed by atoms with Crippen molar-refractivity contribution in [3.8, 4) is 5.75 Å². The molecule has 2 aliphatic rings. The molecule has 15 heteroatoms. The molecule has 190 valence electrons. The van der Waals surface area contributed by atoms with Crippen LogP contribution in [0, 0.1) is 0 Å². The van der Waals surface area contributed by atoms with E-state index in [1.54, 1.807) is 7.11 Å². The number of nitrogens with zero attached hydrogens (tertiary/aromatic N) is 1. The second-order valence-corrected chi connectivity index (χ2v) is 7.25. The van der Waals surface area contributed by atoms with E-state index < -0.39 is 36.4 Å². The minimum absolute atomic E-state index is 0.0184. The quantitative estimate of drug-likeness (QED) is 0.324. The number of carbonyl (C=O) groups is 3. The number of rotatable bonds is 1. The van der Waals surface area contributed by atoms with Crippen molar-refractivity contribution in [1.82, 2.24) is 4.90 Å². The van der Waals surface area contributed by atoms with E-state index in [4.69, 9.17) is 4.74 Å². The maximum absolute atomic E-state index is 12.7. The third kappa shape index (κ3) is 6.32. The Kier molecular flexibility index (Phi) is 7.77. The number of esters is 2. The van der Waals surface area contributed by atoms with Crippen LogP contribution in [0.5, 0.6) is 5.75 Å². The number of fused-ring (bicyclic) bond motifs is 3. The summed E-state index contributed by atoms with van der Waals surface area (Å²) in [5.74, 6) is -7.43. The summed E-state index contributed by atoms with van der Waals surface area (Å²) in [6.45, 7) is 0.185. The normalized spacial score (nSPS) is 19.9. The Labute approximate surface area is 185 Å². The highest BCUT2D eigenvalue weighted by Gasteiger charge is 2.50. The largest absolute Gasteiger partial charge is 0.497 e. The van der Waals surface area contributed by atoms with Crippen molar-refractivity contribution in [2.45, 2.75) is 49.8 Å². The number of benzene rings is 1. The Hall–Kier alpha value is -3.00. The Morgan fingerprint density at radius 2 is 1.47 bits per heavy atom. The highest BCUT2D eigenvalue weighted by Crippen LogP contribution is 2.44. The molecule has 3 rings (SSSR count). The van der Waals surface area contributed by atoms with Gasteiger partial charge in [0.05, 0.1) is 7.11 Å². The lowest BCUT2D eigenvalue weighted by atomic mass is 9.88. The molecule has 1 fully saturated rings. The molecule has 2 atom stereocenters. The second kappa shape index (κ2) is 9.70. The van der Waals surface area contributed by atoms with Gasteiger partial charge in [0.2, 0.25) is 0 Å². The van der Waals surface area contributed by atoms with Crippen LogP contribution in [0.1, 0.15) is 29.9 Å². The number of methoxy groups -OCH3 is 1. The third-order valence-corrected chi connectivity index (χ3v) is 5.11. The summed E-state index contributed by atoms with van der Waals surface area (Å²) >= 11 is 0. The molecule has 0 saturated carbocycles. The smallest absolute Gasteiger partial charge is 0.491 e. The Bertz CT molecular complexity index is 916. The molecular formula is C19H16F9NO5. The van der Waals surface area contributed by atoms with Crippen LogP contribution in [0.4, 0.5) is 39.5 Å². The Balaban J connectivity index is 0.000000273. The van der Waals surface area contributed by atoms with Crippen molar-refractivity contribution in [1.29, 1.82) is 0 Å². The molecule has 0 bridgehead atoms. The van der Waals surface area contributed by atoms with Gasteiger partial charge in [-0.25, -0.2) is 9.59 Å². The van der Waals surface area contributed by atoms with Crippen LogP contribution in [0.2, 0.25) is 0 Å². The first-order valence-corrected chi connectivity index (χ1v) is 9.41. The maximum atomic E-state index is 12.7. The molecule has 0 unspecified atom stereocenters. The van der Waals surface area contributed by atoms with Crippen LogP contribution >= 0.6 is 0 Å². The molecule has 1 aliphatic carbocycles. The molecule has 0 aromatic heterocycles. The lowest BCUT2D eigenvalue weighted by Crippen LogP contribution is -2.51. The summed E-state index contributed by atoms with van der Waals surface area (Å²) in [5.41, 5.74) is 2.05. The van der Waals surface area contributed by atoms with Crippen LogP contribution in [0.15, 0.2) is 18.2 Å². The summed E-state index contributed by atoms with van der Waals surface area (Å²) < 4.78 is 113. The van der Waals surface area contributed by atoms with Crippen LogP contribution in [0.3, 0.4) is 0 Å². The first-order chi connectivity index (χ1) is 15.5. The standard InChI is InChI=1S/C15H16F3NO2.C4F6O3/c1-21-10-5-4-9-7-13-11(12(9)8-10)3-2-6-19(13)14(20)15(16,17)18;5-3(6,7)1(11)13-2(12)4(8,9)10/h4-5,8,11,13H,2-3,6-7H2,1H3;/t11-,13+;/m1./s1. The molecule has 0 spiro atoms. The molecule has 1 aromatic carbocycles. The fourth-order valence-corrected chi connectivity index (χ4v) is 3.74. The summed E-state index contributed by atoms with van der Waals surface area (Å²) in [7, 11) is 1.56. The van der Waals surface area contributed by atoms with E-state index in [-0.39, 0.29) is 18.5 Å². The van der Waals surface area contributed by atoms with Gasteiger partial charge in [0, 0.05) is 18.5 Å². The number of amides is 1. The van der Waals surface area contributed by atoms with Gasteiger partial charge in [-0.1, -0.05) is 6.07 Å². The van der Waals surface area contributed by atoms with Gasteiger partial charge < -0.3 is 14.4 Å². The van der Waals surface area contributed by atoms with Crippen LogP contribution < -0.4 is 4.74 Å². The van der Waals surface area contributed by atoms with E-state index in [2.05, 4.69) is 4.74 Å². The zero-order valence-corrected chi connectivity index (χ0v) is 17.1. The van der Waals surface area contributed by atoms with Gasteiger partial charge in [0.25, 0.3) is 0 Å². The summed E-state index contributed by atoms with van der Waals surface area (Å²) in [6, 6.07) is 5.21. The minimum Gasteiger partial charge on any atom is -0.497 e. The van der Waals surface area contributed by atoms with Crippen molar-refractivity contribution >= 4 is 17.8 Å². The predicted molar refractivity (Wildman–Crippen MR) is 93.4 cm³/mol. The van der Waals surface area contributed by atoms with Crippen molar-refractivity contribution < 1.29 is 63.4 Å². The van der Waals surface area contributed by atoms with E-state index in [9.17, 15) is 53.9 Å². The molecule has 1 aliphatic heterocycles. The monoisotopic (exact) mass is 509 g/mol. The van der Waals surface area contributed by atoms with E-state index in [1.807, 2.05) is 18.2 Å². The highest BCUT2D eigenvalue weighted by atomic mass is 19.4. The summed E-state index contributed by atoms with van der Waals surface area (Å²) in [6.07, 6.45) is -14.1. The number of likely N-dealkylation sites (tertiary alicyclic amines) is 1. The van der Waals surface area contributed by atoms with Gasteiger partial charge in [-0.3, -0.25) is 4.79 Å². The number of hydrogen-bond acceptors (Lipinski definition) is 5. The number of hydrogen-bond donors (Lipinski definition) is 0. The number of carbonyl (C=O) groups excluding carboxylic acids is 3. The molecule has 6 nitrogen and oxygen atoms in total. The van der Waals surface area contributed by atoms with Gasteiger partial charge in [0.1, 0.15) is 5.75 Å². The SMILES string of the molecule is COc1ccc2c(c1)[C@H]1CCCN(C(=O)C(F)(F)F)[C@H]1C2.O=C(OC(=O)C(F)(F)F)C(F)(F)F. The molecule has 0 N–H and O–H groups in total. The van der Waals surface area contributed by atoms with Gasteiger partial charge in [-0.2, -0.15) is 39.5 Å². The number of piperidine rings is 1. The molecule has 1 heterocycles. The lowest BCUT2D eigenvalue weighted by Gasteiger charge is -2.38. The first kappa shape index (κ1) is 27.2. The van der Waals surface area contributed by atoms with E-state index in [0.717, 1.165) is 22.4 Å². The lowest BCUT2D eigenvalue weighted by molar-refractivity contribution is -0.221. The van der Waals surface area contributed by atoms with Gasteiger partial charge in [-0.15, -0.1) is 0 Å². The van der Waals surface area contributed by atoms with Crippen LogP contribution in [-0.2, 0) is 25.5 Å². The molecule has 1 saturated heterocycles. The van der Waals surface area contributed by atoms with Crippen molar-refractivity contribution in [2.24, 2.45) is 0 Å². The maximum Gasteiger partial charge on any atom is 0.491 e. The minimum atomic E-state index is -5.62. The Morgan fingerprint density at radius 1 is 0.912 bits per heavy atom. The zero-order valence-electron chi connectivity index (χ0n) is 17.1. The van der Waals surface area contributed by atoms with Crippen LogP contribution in [-0.4, -0.2) is 61.0 Å². The average molecular weight is 509 g/mol. The van der Waals surface area contributed by atoms with Crippen molar-refractivity contribution in [2.75, 3.05) is 13.7 Å². The zero-order chi connectivity index (χ0) is 26.1. The number of halogens is 9. The average Bonchev–Trinajstić information content (AvgIpc) is 3.09. The third-order valence-electron chi connectivity index (χ3n) is 5.11. The fourth-order valence-electron chi connectivity index (χ4n) is 3.74. The first-order valence-electron chi connectivity index (χ1n) is 9.41. The van der Waals surface area contributed by atoms with Gasteiger partial charge in [-0.05, 0) is 42.5 Å². The summed E-state index contributed by atoms with van der Waals surface area (Å²) in [4.78, 5) is 31.9. The second-order valence-electron chi connectivity index (χ2n) is 7.25. The summed E-state index contributed by atoms with van der Waals surface area (Å²) in [5, 5.41) is 0. The topological polar surface area (TPSA) is 72.9 Å². The van der Waals surface area contributed by atoms with Crippen molar-refractivity contribution in [3.63, 3.8) is 0 Å².